The van der Waals surface area contributed by atoms with E-state index in [-0.39, 0.29) is 29.7 Å². The van der Waals surface area contributed by atoms with Gasteiger partial charge in [0.15, 0.2) is 5.96 Å². The first kappa shape index (κ1) is 21.6. The second-order valence-corrected chi connectivity index (χ2v) is 7.90. The van der Waals surface area contributed by atoms with Gasteiger partial charge in [0.1, 0.15) is 0 Å². The molecule has 0 fully saturated rings. The van der Waals surface area contributed by atoms with Crippen molar-refractivity contribution in [3.05, 3.63) is 21.9 Å². The monoisotopic (exact) mass is 460 g/mol. The second kappa shape index (κ2) is 11.2. The average Bonchev–Trinajstić information content (AvgIpc) is 2.86. The molecule has 1 aromatic rings. The molecule has 1 aromatic heterocycles. The van der Waals surface area contributed by atoms with Gasteiger partial charge in [-0.15, -0.1) is 35.3 Å². The molecule has 0 saturated carbocycles. The van der Waals surface area contributed by atoms with E-state index in [1.54, 1.807) is 18.3 Å². The van der Waals surface area contributed by atoms with Gasteiger partial charge in [-0.25, -0.2) is 18.1 Å². The summed E-state index contributed by atoms with van der Waals surface area (Å²) in [6, 6.07) is 4.15. The molecule has 0 amide bonds. The van der Waals surface area contributed by atoms with Crippen LogP contribution < -0.4 is 15.4 Å². The van der Waals surface area contributed by atoms with Crippen LogP contribution in [0.25, 0.3) is 0 Å². The van der Waals surface area contributed by atoms with Crippen LogP contribution in [0.5, 0.6) is 0 Å². The van der Waals surface area contributed by atoms with Crippen molar-refractivity contribution in [3.63, 3.8) is 0 Å². The topological polar surface area (TPSA) is 82.6 Å². The van der Waals surface area contributed by atoms with E-state index in [9.17, 15) is 8.42 Å². The Hall–Kier alpha value is -0.390. The fourth-order valence-electron chi connectivity index (χ4n) is 1.56. The van der Waals surface area contributed by atoms with Crippen molar-refractivity contribution in [2.24, 2.45) is 4.99 Å². The van der Waals surface area contributed by atoms with Gasteiger partial charge in [0.2, 0.25) is 10.0 Å². The van der Waals surface area contributed by atoms with Crippen LogP contribution in [0.1, 0.15) is 23.6 Å². The molecule has 0 bridgehead atoms. The van der Waals surface area contributed by atoms with Gasteiger partial charge in [0.05, 0.1) is 12.3 Å². The number of aliphatic imine (C=N–C) groups is 1. The van der Waals surface area contributed by atoms with Crippen LogP contribution in [0, 0.1) is 6.92 Å². The normalized spacial score (nSPS) is 11.9. The third-order valence-corrected chi connectivity index (χ3v) is 5.04. The molecule has 0 atom stereocenters. The molecule has 22 heavy (non-hydrogen) atoms. The molecule has 1 rings (SSSR count). The number of rotatable bonds is 8. The Morgan fingerprint density at radius 1 is 1.23 bits per heavy atom. The Balaban J connectivity index is 0.00000441. The van der Waals surface area contributed by atoms with Crippen LogP contribution in [0.2, 0.25) is 0 Å². The molecule has 0 aromatic carbocycles. The number of nitrogens with one attached hydrogen (secondary N) is 3. The Bertz CT molecular complexity index is 558. The molecule has 0 aliphatic carbocycles. The zero-order valence-electron chi connectivity index (χ0n) is 13.2. The lowest BCUT2D eigenvalue weighted by atomic mass is 10.4. The number of sulfonamides is 1. The summed E-state index contributed by atoms with van der Waals surface area (Å²) in [6.45, 7) is 7.90. The summed E-state index contributed by atoms with van der Waals surface area (Å²) in [6.07, 6.45) is 0. The van der Waals surface area contributed by atoms with Crippen LogP contribution in [-0.4, -0.2) is 39.8 Å². The zero-order chi connectivity index (χ0) is 15.7. The first-order valence-electron chi connectivity index (χ1n) is 7.01. The van der Waals surface area contributed by atoms with Crippen molar-refractivity contribution in [2.45, 2.75) is 27.3 Å². The van der Waals surface area contributed by atoms with E-state index >= 15 is 0 Å². The lowest BCUT2D eigenvalue weighted by Gasteiger charge is -2.11. The van der Waals surface area contributed by atoms with Crippen molar-refractivity contribution in [2.75, 3.05) is 25.4 Å². The molecule has 3 N–H and O–H groups in total. The summed E-state index contributed by atoms with van der Waals surface area (Å²) >= 11 is 1.73. The minimum atomic E-state index is -3.13. The highest BCUT2D eigenvalue weighted by atomic mass is 127. The predicted octanol–water partition coefficient (Wildman–Crippen LogP) is 1.67. The van der Waals surface area contributed by atoms with Gasteiger partial charge >= 0.3 is 0 Å². The highest BCUT2D eigenvalue weighted by molar-refractivity contribution is 14.0. The van der Waals surface area contributed by atoms with Gasteiger partial charge in [-0.05, 0) is 32.9 Å². The summed E-state index contributed by atoms with van der Waals surface area (Å²) in [5, 5.41) is 6.25. The van der Waals surface area contributed by atoms with E-state index in [4.69, 9.17) is 0 Å². The predicted molar refractivity (Wildman–Crippen MR) is 105 cm³/mol. The number of aryl methyl sites for hydroxylation is 1. The molecule has 6 nitrogen and oxygen atoms in total. The van der Waals surface area contributed by atoms with Crippen molar-refractivity contribution in [3.8, 4) is 0 Å². The second-order valence-electron chi connectivity index (χ2n) is 4.43. The Kier molecular flexibility index (Phi) is 11.0. The SMILES string of the molecule is CCNC(=NCc1ccc(C)s1)NCCNS(=O)(=O)CC.I. The van der Waals surface area contributed by atoms with Crippen LogP contribution in [0.4, 0.5) is 0 Å². The standard InChI is InChI=1S/C13H24N4O2S2.HI/c1-4-14-13(15-8-9-17-21(18,19)5-2)16-10-12-7-6-11(3)20-12;/h6-7,17H,4-5,8-10H2,1-3H3,(H2,14,15,16);1H. The van der Waals surface area contributed by atoms with Crippen molar-refractivity contribution >= 4 is 51.3 Å². The molecule has 0 aliphatic rings. The third-order valence-electron chi connectivity index (χ3n) is 2.65. The van der Waals surface area contributed by atoms with Crippen LogP contribution in [-0.2, 0) is 16.6 Å². The first-order chi connectivity index (χ1) is 9.96. The molecule has 0 spiro atoms. The van der Waals surface area contributed by atoms with Gasteiger partial charge in [-0.2, -0.15) is 0 Å². The maximum Gasteiger partial charge on any atom is 0.211 e. The maximum absolute atomic E-state index is 11.3. The lowest BCUT2D eigenvalue weighted by Crippen LogP contribution is -2.41. The largest absolute Gasteiger partial charge is 0.357 e. The van der Waals surface area contributed by atoms with Gasteiger partial charge in [0, 0.05) is 29.4 Å². The van der Waals surface area contributed by atoms with E-state index in [1.807, 2.05) is 6.92 Å². The molecule has 128 valence electrons. The van der Waals surface area contributed by atoms with Crippen LogP contribution in [0.15, 0.2) is 17.1 Å². The molecular weight excluding hydrogens is 435 g/mol. The Morgan fingerprint density at radius 2 is 1.95 bits per heavy atom. The molecule has 0 unspecified atom stereocenters. The van der Waals surface area contributed by atoms with Crippen LogP contribution >= 0.6 is 35.3 Å². The Labute approximate surface area is 154 Å². The number of hydrogen-bond donors (Lipinski definition) is 3. The minimum absolute atomic E-state index is 0. The highest BCUT2D eigenvalue weighted by Crippen LogP contribution is 2.15. The van der Waals surface area contributed by atoms with Gasteiger partial charge < -0.3 is 10.6 Å². The summed E-state index contributed by atoms with van der Waals surface area (Å²) in [4.78, 5) is 6.95. The maximum atomic E-state index is 11.3. The smallest absolute Gasteiger partial charge is 0.211 e. The summed E-state index contributed by atoms with van der Waals surface area (Å²) in [7, 11) is -3.13. The summed E-state index contributed by atoms with van der Waals surface area (Å²) in [5.41, 5.74) is 0. The summed E-state index contributed by atoms with van der Waals surface area (Å²) in [5.74, 6) is 0.790. The summed E-state index contributed by atoms with van der Waals surface area (Å²) < 4.78 is 25.1. The molecule has 1 heterocycles. The van der Waals surface area contributed by atoms with Crippen molar-refractivity contribution in [1.82, 2.24) is 15.4 Å². The van der Waals surface area contributed by atoms with Gasteiger partial charge in [-0.1, -0.05) is 0 Å². The van der Waals surface area contributed by atoms with Crippen molar-refractivity contribution in [1.29, 1.82) is 0 Å². The lowest BCUT2D eigenvalue weighted by molar-refractivity contribution is 0.582. The average molecular weight is 460 g/mol. The molecular formula is C13H25IN4O2S2. The number of halogens is 1. The van der Waals surface area contributed by atoms with Crippen LogP contribution in [0.3, 0.4) is 0 Å². The quantitative estimate of drug-likeness (QED) is 0.239. The molecule has 0 radical (unpaired) electrons. The van der Waals surface area contributed by atoms with E-state index < -0.39 is 10.0 Å². The van der Waals surface area contributed by atoms with E-state index in [0.717, 1.165) is 6.54 Å². The highest BCUT2D eigenvalue weighted by Gasteiger charge is 2.05. The minimum Gasteiger partial charge on any atom is -0.357 e. The fourth-order valence-corrected chi connectivity index (χ4v) is 2.99. The number of guanidine groups is 1. The third kappa shape index (κ3) is 8.91. The molecule has 0 saturated heterocycles. The van der Waals surface area contributed by atoms with E-state index in [1.165, 1.54) is 9.75 Å². The van der Waals surface area contributed by atoms with E-state index in [0.29, 0.717) is 25.6 Å². The fraction of sp³-hybridized carbons (Fsp3) is 0.615. The number of thiophene rings is 1. The van der Waals surface area contributed by atoms with Crippen molar-refractivity contribution < 1.29 is 8.42 Å². The van der Waals surface area contributed by atoms with E-state index in [2.05, 4.69) is 39.4 Å². The zero-order valence-corrected chi connectivity index (χ0v) is 17.1. The molecule has 9 heteroatoms. The Morgan fingerprint density at radius 3 is 2.50 bits per heavy atom. The van der Waals surface area contributed by atoms with Gasteiger partial charge in [0.25, 0.3) is 0 Å². The van der Waals surface area contributed by atoms with Gasteiger partial charge in [-0.3, -0.25) is 0 Å². The number of nitrogens with zero attached hydrogens (tertiary/aromatic N) is 1. The first-order valence-corrected chi connectivity index (χ1v) is 9.48. The number of hydrogen-bond acceptors (Lipinski definition) is 4. The molecule has 0 aliphatic heterocycles.